The first-order valence-corrected chi connectivity index (χ1v) is 45.8. The summed E-state index contributed by atoms with van der Waals surface area (Å²) in [6.45, 7) is 0. The van der Waals surface area contributed by atoms with E-state index in [0.717, 1.165) is 249 Å². The molecule has 0 aliphatic rings. The summed E-state index contributed by atoms with van der Waals surface area (Å²) >= 11 is 0. The molecule has 30 rings (SSSR count). The maximum absolute atomic E-state index is 6.70. The highest BCUT2D eigenvalue weighted by molar-refractivity contribution is 6.27. The van der Waals surface area contributed by atoms with Crippen molar-refractivity contribution < 1.29 is 26.5 Å². The first kappa shape index (κ1) is 75.8. The Bertz CT molecular complexity index is 10100. The second-order valence-corrected chi connectivity index (χ2v) is 35.0. The van der Waals surface area contributed by atoms with Gasteiger partial charge in [0.25, 0.3) is 0 Å². The zero-order valence-electron chi connectivity index (χ0n) is 72.6. The second kappa shape index (κ2) is 30.2. The van der Waals surface area contributed by atoms with Gasteiger partial charge in [-0.25, -0.2) is 0 Å². The molecule has 0 saturated heterocycles. The SMILES string of the molecule is c1ccc(-n2c3ccccc3c3oc4cccc(-c5ccccc5-c5ccc6c(c5)oc5cc7ccccc7cc56)c4c32)cc1.c1ccc(-n2c3ccccc3c3oc4cccc(-c5ccccc5-c5ccc6c(c5)oc5ccc7ccccc7c56)c4c32)cc1.c1ccc(-n2c3ccccc3c3oc4cccc(-c5ccccc5-c5cccc6oc7c8ccccc8ccc7c56)c4c32)cc1. The number of hydrogen-bond acceptors (Lipinski definition) is 6. The molecule has 0 spiro atoms. The lowest BCUT2D eigenvalue weighted by Crippen LogP contribution is -1.94. The minimum atomic E-state index is 0.876. The third-order valence-electron chi connectivity index (χ3n) is 27.6. The molecule has 0 bridgehead atoms. The van der Waals surface area contributed by atoms with Crippen molar-refractivity contribution in [2.45, 2.75) is 0 Å². The topological polar surface area (TPSA) is 93.6 Å². The smallest absolute Gasteiger partial charge is 0.161 e. The summed E-state index contributed by atoms with van der Waals surface area (Å²) in [5.41, 5.74) is 34.4. The lowest BCUT2D eigenvalue weighted by atomic mass is 9.90. The van der Waals surface area contributed by atoms with Crippen LogP contribution in [0.1, 0.15) is 0 Å². The van der Waals surface area contributed by atoms with Crippen LogP contribution in [0.15, 0.2) is 481 Å². The molecule has 630 valence electrons. The molecule has 9 nitrogen and oxygen atoms in total. The Balaban J connectivity index is 0.000000101. The number of rotatable bonds is 9. The van der Waals surface area contributed by atoms with Crippen molar-refractivity contribution in [3.63, 3.8) is 0 Å². The van der Waals surface area contributed by atoms with Gasteiger partial charge in [0.2, 0.25) is 0 Å². The Kier molecular flexibility index (Phi) is 17.0. The van der Waals surface area contributed by atoms with E-state index in [4.69, 9.17) is 26.5 Å². The summed E-state index contributed by atoms with van der Waals surface area (Å²) < 4.78 is 46.5. The van der Waals surface area contributed by atoms with Crippen LogP contribution < -0.4 is 0 Å². The number of nitrogens with zero attached hydrogens (tertiary/aromatic N) is 3. The standard InChI is InChI=1S/3C42H25NO2/c1-2-13-27(14-3-1)43-35-21-9-8-18-33(35)42-40(43)39-32(20-11-23-37(39)45-42)30-17-7-6-16-29(30)31-19-10-22-36-38(31)34-25-24-26-12-4-5-15-28(26)41(34)44-36;1-2-13-29(14-3-1)43-36-19-9-8-17-34(36)42-41(43)40-33(18-10-20-37(40)45-42)31-16-7-6-15-30(31)28-21-22-32-35-23-26-11-4-5-12-27(26)24-39(35)44-38(32)25-28;1-2-12-28(13-3-1)43-35-19-9-8-17-33(35)42-41(43)40-32(18-10-20-36(40)45-42)31-16-7-6-14-29(31)27-21-23-34-38(25-27)44-37-24-22-26-11-4-5-15-30(26)39(34)37/h3*1-25H. The van der Waals surface area contributed by atoms with Crippen LogP contribution in [0.5, 0.6) is 0 Å². The molecule has 0 unspecified atom stereocenters. The van der Waals surface area contributed by atoms with E-state index in [2.05, 4.69) is 469 Å². The van der Waals surface area contributed by atoms with Crippen molar-refractivity contribution in [1.82, 2.24) is 13.7 Å². The van der Waals surface area contributed by atoms with Gasteiger partial charge in [0.15, 0.2) is 16.7 Å². The molecule has 135 heavy (non-hydrogen) atoms. The quantitative estimate of drug-likeness (QED) is 0.143. The maximum atomic E-state index is 6.70. The summed E-state index contributed by atoms with van der Waals surface area (Å²) in [5, 5.41) is 20.6. The van der Waals surface area contributed by atoms with Gasteiger partial charge >= 0.3 is 0 Å². The molecule has 0 N–H and O–H groups in total. The predicted molar refractivity (Wildman–Crippen MR) is 559 cm³/mol. The van der Waals surface area contributed by atoms with E-state index in [-0.39, 0.29) is 0 Å². The number of para-hydroxylation sites is 6. The Labute approximate surface area is 770 Å². The number of fused-ring (bicyclic) bond motifs is 29. The number of furan rings is 6. The van der Waals surface area contributed by atoms with E-state index in [0.29, 0.717) is 0 Å². The molecule has 9 heterocycles. The fourth-order valence-electron chi connectivity index (χ4n) is 21.8. The van der Waals surface area contributed by atoms with E-state index in [1.54, 1.807) is 0 Å². The van der Waals surface area contributed by atoms with Gasteiger partial charge in [0, 0.05) is 70.9 Å². The molecule has 9 aromatic heterocycles. The zero-order valence-corrected chi connectivity index (χ0v) is 72.6. The summed E-state index contributed by atoms with van der Waals surface area (Å²) in [6.07, 6.45) is 0. The Hall–Kier alpha value is -18.2. The van der Waals surface area contributed by atoms with Crippen molar-refractivity contribution in [3.05, 3.63) is 455 Å². The third kappa shape index (κ3) is 11.8. The van der Waals surface area contributed by atoms with Crippen LogP contribution in [0.25, 0.3) is 281 Å². The van der Waals surface area contributed by atoms with Gasteiger partial charge in [0.05, 0.1) is 32.7 Å². The van der Waals surface area contributed by atoms with E-state index >= 15 is 0 Å². The van der Waals surface area contributed by atoms with Gasteiger partial charge in [-0.3, -0.25) is 0 Å². The largest absolute Gasteiger partial charge is 0.456 e. The van der Waals surface area contributed by atoms with Crippen LogP contribution >= 0.6 is 0 Å². The van der Waals surface area contributed by atoms with Crippen LogP contribution in [0.3, 0.4) is 0 Å². The van der Waals surface area contributed by atoms with Crippen molar-refractivity contribution in [2.75, 3.05) is 0 Å². The second-order valence-electron chi connectivity index (χ2n) is 35.0. The number of benzene rings is 21. The van der Waals surface area contributed by atoms with Crippen molar-refractivity contribution in [1.29, 1.82) is 0 Å². The molecule has 9 heteroatoms. The minimum absolute atomic E-state index is 0.876. The van der Waals surface area contributed by atoms with Crippen LogP contribution in [0.2, 0.25) is 0 Å². The van der Waals surface area contributed by atoms with Crippen molar-refractivity contribution >= 4 is 197 Å². The Morgan fingerprint density at radius 2 is 0.452 bits per heavy atom. The third-order valence-corrected chi connectivity index (χ3v) is 27.6. The Morgan fingerprint density at radius 1 is 0.141 bits per heavy atom. The lowest BCUT2D eigenvalue weighted by molar-refractivity contribution is 0.669. The van der Waals surface area contributed by atoms with Crippen LogP contribution in [-0.4, -0.2) is 13.7 Å². The molecule has 0 atom stereocenters. The molecule has 0 aliphatic carbocycles. The van der Waals surface area contributed by atoms with E-state index in [1.165, 1.54) is 32.3 Å². The van der Waals surface area contributed by atoms with Crippen molar-refractivity contribution in [2.24, 2.45) is 0 Å². The molecule has 0 aliphatic heterocycles. The molecule has 0 radical (unpaired) electrons. The van der Waals surface area contributed by atoms with E-state index < -0.39 is 0 Å². The van der Waals surface area contributed by atoms with Gasteiger partial charge in [-0.2, -0.15) is 0 Å². The van der Waals surface area contributed by atoms with E-state index in [9.17, 15) is 0 Å². The van der Waals surface area contributed by atoms with Gasteiger partial charge in [-0.05, 0) is 239 Å². The maximum Gasteiger partial charge on any atom is 0.161 e. The predicted octanol–water partition coefficient (Wildman–Crippen LogP) is 35.7. The highest BCUT2D eigenvalue weighted by atomic mass is 16.4. The first-order valence-electron chi connectivity index (χ1n) is 45.8. The normalized spacial score (nSPS) is 12.0. The van der Waals surface area contributed by atoms with Crippen LogP contribution in [0, 0.1) is 0 Å². The van der Waals surface area contributed by atoms with Crippen molar-refractivity contribution in [3.8, 4) is 83.8 Å². The van der Waals surface area contributed by atoms with E-state index in [1.807, 2.05) is 0 Å². The fourth-order valence-corrected chi connectivity index (χ4v) is 21.8. The van der Waals surface area contributed by atoms with Gasteiger partial charge in [0.1, 0.15) is 66.8 Å². The molecular weight excluding hydrogens is 1650 g/mol. The molecule has 0 saturated carbocycles. The summed E-state index contributed by atoms with van der Waals surface area (Å²) in [4.78, 5) is 0. The Morgan fingerprint density at radius 3 is 0.926 bits per heavy atom. The summed E-state index contributed by atoms with van der Waals surface area (Å²) in [7, 11) is 0. The summed E-state index contributed by atoms with van der Waals surface area (Å²) in [5.74, 6) is 0. The first-order chi connectivity index (χ1) is 67.0. The van der Waals surface area contributed by atoms with Gasteiger partial charge < -0.3 is 40.2 Å². The average molecular weight is 1730 g/mol. The number of aromatic nitrogens is 3. The number of hydrogen-bond donors (Lipinski definition) is 0. The summed E-state index contributed by atoms with van der Waals surface area (Å²) in [6, 6.07) is 160. The highest BCUT2D eigenvalue weighted by Crippen LogP contribution is 2.52. The fraction of sp³-hybridized carbons (Fsp3) is 0. The molecule has 0 amide bonds. The lowest BCUT2D eigenvalue weighted by Gasteiger charge is -2.13. The van der Waals surface area contributed by atoms with Crippen LogP contribution in [0.4, 0.5) is 0 Å². The molecule has 0 fully saturated rings. The van der Waals surface area contributed by atoms with Crippen LogP contribution in [-0.2, 0) is 0 Å². The van der Waals surface area contributed by atoms with Gasteiger partial charge in [-0.1, -0.05) is 309 Å². The minimum Gasteiger partial charge on any atom is -0.456 e. The molecular formula is C126H75N3O6. The highest BCUT2D eigenvalue weighted by Gasteiger charge is 2.29. The average Bonchev–Trinajstić information content (AvgIpc) is 1.56. The molecule has 30 aromatic rings. The van der Waals surface area contributed by atoms with Gasteiger partial charge in [-0.15, -0.1) is 0 Å². The zero-order chi connectivity index (χ0) is 88.5. The monoisotopic (exact) mass is 1730 g/mol. The molecule has 21 aromatic carbocycles.